The second kappa shape index (κ2) is 10.8. The van der Waals surface area contributed by atoms with Crippen molar-refractivity contribution in [1.29, 1.82) is 0 Å². The summed E-state index contributed by atoms with van der Waals surface area (Å²) in [5, 5.41) is 5.42. The van der Waals surface area contributed by atoms with E-state index in [1.807, 2.05) is 42.1 Å². The van der Waals surface area contributed by atoms with Gasteiger partial charge in [-0.1, -0.05) is 12.1 Å². The first-order chi connectivity index (χ1) is 15.4. The van der Waals surface area contributed by atoms with E-state index in [4.69, 9.17) is 9.47 Å². The topological polar surface area (TPSA) is 94.5 Å². The quantitative estimate of drug-likeness (QED) is 0.505. The summed E-state index contributed by atoms with van der Waals surface area (Å²) in [6.45, 7) is 1.97. The van der Waals surface area contributed by atoms with Gasteiger partial charge in [0.2, 0.25) is 11.8 Å². The highest BCUT2D eigenvalue weighted by atomic mass is 16.5. The van der Waals surface area contributed by atoms with Crippen LogP contribution in [0, 0.1) is 0 Å². The van der Waals surface area contributed by atoms with Gasteiger partial charge in [-0.05, 0) is 55.0 Å². The van der Waals surface area contributed by atoms with Crippen molar-refractivity contribution >= 4 is 23.6 Å². The van der Waals surface area contributed by atoms with Crippen LogP contribution in [0.1, 0.15) is 18.3 Å². The fourth-order valence-corrected chi connectivity index (χ4v) is 2.78. The van der Waals surface area contributed by atoms with Crippen molar-refractivity contribution < 1.29 is 19.1 Å². The van der Waals surface area contributed by atoms with Gasteiger partial charge < -0.3 is 24.7 Å². The summed E-state index contributed by atoms with van der Waals surface area (Å²) in [6, 6.07) is 13.6. The predicted molar refractivity (Wildman–Crippen MR) is 122 cm³/mol. The minimum absolute atomic E-state index is 0.321. The number of carbonyl (C=O) groups excluding carboxylic acids is 2. The molecule has 8 heteroatoms. The average Bonchev–Trinajstić information content (AvgIpc) is 3.22. The molecule has 2 amide bonds. The number of methoxy groups -OCH3 is 1. The Bertz CT molecular complexity index is 1070. The first-order valence-electron chi connectivity index (χ1n) is 10.1. The van der Waals surface area contributed by atoms with E-state index in [-0.39, 0.29) is 11.8 Å². The van der Waals surface area contributed by atoms with Gasteiger partial charge in [0, 0.05) is 31.2 Å². The van der Waals surface area contributed by atoms with E-state index in [2.05, 4.69) is 15.6 Å². The standard InChI is InChI=1S/C24H26N4O4/c1-17(26-23(29)13-6-18-4-9-20(31-3)10-5-18)24(30)27-19-7-11-21(12-8-19)32-16-22-25-14-15-28(22)2/h4-15,17H,16H2,1-3H3,(H,26,29)(H,27,30)/b13-6+/t17-/m0/s1. The average molecular weight is 434 g/mol. The molecule has 0 aliphatic rings. The molecular formula is C24H26N4O4. The molecule has 1 atom stereocenters. The summed E-state index contributed by atoms with van der Waals surface area (Å²) in [7, 11) is 3.50. The van der Waals surface area contributed by atoms with E-state index in [1.54, 1.807) is 50.6 Å². The lowest BCUT2D eigenvalue weighted by atomic mass is 10.2. The SMILES string of the molecule is COc1ccc(/C=C/C(=O)N[C@@H](C)C(=O)Nc2ccc(OCc3nccn3C)cc2)cc1. The summed E-state index contributed by atoms with van der Waals surface area (Å²) in [6.07, 6.45) is 6.63. The summed E-state index contributed by atoms with van der Waals surface area (Å²) >= 11 is 0. The largest absolute Gasteiger partial charge is 0.497 e. The Hall–Kier alpha value is -4.07. The maximum Gasteiger partial charge on any atom is 0.246 e. The van der Waals surface area contributed by atoms with E-state index in [0.717, 1.165) is 17.1 Å². The lowest BCUT2D eigenvalue weighted by Crippen LogP contribution is -2.40. The minimum Gasteiger partial charge on any atom is -0.497 e. The molecule has 3 aromatic rings. The predicted octanol–water partition coefficient (Wildman–Crippen LogP) is 3.16. The molecule has 166 valence electrons. The molecule has 32 heavy (non-hydrogen) atoms. The molecule has 1 heterocycles. The number of carbonyl (C=O) groups is 2. The van der Waals surface area contributed by atoms with Gasteiger partial charge in [0.15, 0.2) is 0 Å². The first-order valence-corrected chi connectivity index (χ1v) is 10.1. The molecule has 0 aliphatic heterocycles. The Morgan fingerprint density at radius 3 is 2.41 bits per heavy atom. The summed E-state index contributed by atoms with van der Waals surface area (Å²) in [5.74, 6) is 1.54. The first kappa shape index (κ1) is 22.6. The lowest BCUT2D eigenvalue weighted by Gasteiger charge is -2.13. The van der Waals surface area contributed by atoms with Gasteiger partial charge in [0.1, 0.15) is 30.0 Å². The highest BCUT2D eigenvalue weighted by molar-refractivity contribution is 5.99. The molecule has 0 saturated heterocycles. The number of nitrogens with zero attached hydrogens (tertiary/aromatic N) is 2. The Labute approximate surface area is 186 Å². The van der Waals surface area contributed by atoms with Crippen LogP contribution in [-0.4, -0.2) is 34.5 Å². The zero-order valence-corrected chi connectivity index (χ0v) is 18.2. The molecule has 3 rings (SSSR count). The van der Waals surface area contributed by atoms with E-state index in [1.165, 1.54) is 6.08 Å². The molecule has 1 aromatic heterocycles. The zero-order valence-electron chi connectivity index (χ0n) is 18.2. The number of hydrogen-bond acceptors (Lipinski definition) is 5. The smallest absolute Gasteiger partial charge is 0.246 e. The van der Waals surface area contributed by atoms with E-state index in [9.17, 15) is 9.59 Å². The number of rotatable bonds is 9. The van der Waals surface area contributed by atoms with Gasteiger partial charge in [0.05, 0.1) is 7.11 Å². The Balaban J connectivity index is 1.46. The number of nitrogens with one attached hydrogen (secondary N) is 2. The number of imidazole rings is 1. The molecule has 0 saturated carbocycles. The van der Waals surface area contributed by atoms with Gasteiger partial charge in [-0.3, -0.25) is 9.59 Å². The second-order valence-corrected chi connectivity index (χ2v) is 7.09. The van der Waals surface area contributed by atoms with Crippen molar-refractivity contribution in [3.63, 3.8) is 0 Å². The van der Waals surface area contributed by atoms with Gasteiger partial charge in [-0.15, -0.1) is 0 Å². The van der Waals surface area contributed by atoms with Crippen LogP contribution >= 0.6 is 0 Å². The number of ether oxygens (including phenoxy) is 2. The normalized spacial score (nSPS) is 11.7. The molecular weight excluding hydrogens is 408 g/mol. The number of hydrogen-bond donors (Lipinski definition) is 2. The molecule has 8 nitrogen and oxygen atoms in total. The van der Waals surface area contributed by atoms with Gasteiger partial charge in [-0.2, -0.15) is 0 Å². The summed E-state index contributed by atoms with van der Waals surface area (Å²) < 4.78 is 12.7. The number of benzene rings is 2. The van der Waals surface area contributed by atoms with E-state index < -0.39 is 6.04 Å². The minimum atomic E-state index is -0.706. The fraction of sp³-hybridized carbons (Fsp3) is 0.208. The van der Waals surface area contributed by atoms with Crippen LogP contribution in [0.15, 0.2) is 67.0 Å². The third-order valence-electron chi connectivity index (χ3n) is 4.71. The van der Waals surface area contributed by atoms with Gasteiger partial charge in [-0.25, -0.2) is 4.98 Å². The third kappa shape index (κ3) is 6.46. The van der Waals surface area contributed by atoms with Crippen molar-refractivity contribution in [1.82, 2.24) is 14.9 Å². The maximum absolute atomic E-state index is 12.4. The van der Waals surface area contributed by atoms with Crippen molar-refractivity contribution in [3.8, 4) is 11.5 Å². The number of aryl methyl sites for hydroxylation is 1. The van der Waals surface area contributed by atoms with Crippen LogP contribution in [0.4, 0.5) is 5.69 Å². The summed E-state index contributed by atoms with van der Waals surface area (Å²) in [4.78, 5) is 28.7. The summed E-state index contributed by atoms with van der Waals surface area (Å²) in [5.41, 5.74) is 1.46. The van der Waals surface area contributed by atoms with Crippen LogP contribution in [0.2, 0.25) is 0 Å². The number of anilines is 1. The zero-order chi connectivity index (χ0) is 22.9. The van der Waals surface area contributed by atoms with Crippen LogP contribution in [0.25, 0.3) is 6.08 Å². The Morgan fingerprint density at radius 2 is 1.78 bits per heavy atom. The molecule has 0 aliphatic carbocycles. The van der Waals surface area contributed by atoms with E-state index in [0.29, 0.717) is 18.0 Å². The number of amides is 2. The molecule has 0 radical (unpaired) electrons. The highest BCUT2D eigenvalue weighted by Crippen LogP contribution is 2.17. The van der Waals surface area contributed by atoms with Crippen molar-refractivity contribution in [3.05, 3.63) is 78.4 Å². The highest BCUT2D eigenvalue weighted by Gasteiger charge is 2.14. The molecule has 0 spiro atoms. The monoisotopic (exact) mass is 434 g/mol. The van der Waals surface area contributed by atoms with Gasteiger partial charge >= 0.3 is 0 Å². The van der Waals surface area contributed by atoms with Crippen LogP contribution in [-0.2, 0) is 23.2 Å². The molecule has 0 unspecified atom stereocenters. The maximum atomic E-state index is 12.4. The molecule has 2 aromatic carbocycles. The third-order valence-corrected chi connectivity index (χ3v) is 4.71. The van der Waals surface area contributed by atoms with Gasteiger partial charge in [0.25, 0.3) is 0 Å². The Morgan fingerprint density at radius 1 is 1.09 bits per heavy atom. The van der Waals surface area contributed by atoms with E-state index >= 15 is 0 Å². The van der Waals surface area contributed by atoms with Crippen molar-refractivity contribution in [2.24, 2.45) is 7.05 Å². The second-order valence-electron chi connectivity index (χ2n) is 7.09. The number of aromatic nitrogens is 2. The van der Waals surface area contributed by atoms with Crippen molar-refractivity contribution in [2.45, 2.75) is 19.6 Å². The molecule has 0 bridgehead atoms. The van der Waals surface area contributed by atoms with Crippen LogP contribution in [0.3, 0.4) is 0 Å². The Kier molecular flexibility index (Phi) is 7.64. The molecule has 0 fully saturated rings. The lowest BCUT2D eigenvalue weighted by molar-refractivity contribution is -0.123. The molecule has 2 N–H and O–H groups in total. The fourth-order valence-electron chi connectivity index (χ4n) is 2.78. The van der Waals surface area contributed by atoms with Crippen LogP contribution in [0.5, 0.6) is 11.5 Å². The van der Waals surface area contributed by atoms with Crippen LogP contribution < -0.4 is 20.1 Å². The van der Waals surface area contributed by atoms with Crippen molar-refractivity contribution in [2.75, 3.05) is 12.4 Å².